The van der Waals surface area contributed by atoms with Crippen molar-refractivity contribution in [2.45, 2.75) is 45.3 Å². The van der Waals surface area contributed by atoms with Crippen molar-refractivity contribution in [1.29, 1.82) is 0 Å². The average Bonchev–Trinajstić information content (AvgIpc) is 2.90. The second-order valence-corrected chi connectivity index (χ2v) is 7.73. The fraction of sp³-hybridized carbons (Fsp3) is 0.429. The molecule has 2 aromatic carbocycles. The standard InChI is InChI=1S/C21H26Cl2N2O/c1-2-3-4-5-10-24-13-17(26)14-25-20-8-6-15(22)11-18(20)19-12-16(23)7-9-21(19)25/h6-9,11-12,17,24,26H,2-5,10,13-14H2,1H3. The molecule has 0 aliphatic rings. The molecule has 3 aromatic rings. The zero-order chi connectivity index (χ0) is 18.5. The van der Waals surface area contributed by atoms with E-state index in [-0.39, 0.29) is 0 Å². The molecule has 5 heteroatoms. The maximum Gasteiger partial charge on any atom is 0.0843 e. The van der Waals surface area contributed by atoms with E-state index in [4.69, 9.17) is 23.2 Å². The summed E-state index contributed by atoms with van der Waals surface area (Å²) in [5.74, 6) is 0. The van der Waals surface area contributed by atoms with Crippen molar-refractivity contribution < 1.29 is 5.11 Å². The zero-order valence-electron chi connectivity index (χ0n) is 15.1. The number of benzene rings is 2. The number of hydrogen-bond acceptors (Lipinski definition) is 2. The number of nitrogens with one attached hydrogen (secondary N) is 1. The van der Waals surface area contributed by atoms with Crippen LogP contribution in [-0.2, 0) is 6.54 Å². The molecule has 140 valence electrons. The molecule has 2 N–H and O–H groups in total. The fourth-order valence-electron chi connectivity index (χ4n) is 3.47. The summed E-state index contributed by atoms with van der Waals surface area (Å²) in [4.78, 5) is 0. The molecule has 0 saturated heterocycles. The third-order valence-corrected chi connectivity index (χ3v) is 5.24. The Bertz CT molecular complexity index is 816. The first-order valence-corrected chi connectivity index (χ1v) is 10.1. The molecule has 0 spiro atoms. The molecule has 0 bridgehead atoms. The molecule has 3 rings (SSSR count). The summed E-state index contributed by atoms with van der Waals surface area (Å²) >= 11 is 12.4. The topological polar surface area (TPSA) is 37.2 Å². The van der Waals surface area contributed by atoms with Gasteiger partial charge in [0, 0.05) is 38.4 Å². The number of aliphatic hydroxyl groups excluding tert-OH is 1. The first-order chi connectivity index (χ1) is 12.6. The first-order valence-electron chi connectivity index (χ1n) is 9.36. The van der Waals surface area contributed by atoms with Crippen LogP contribution in [0.3, 0.4) is 0 Å². The summed E-state index contributed by atoms with van der Waals surface area (Å²) in [5, 5.41) is 17.4. The number of hydrogen-bond donors (Lipinski definition) is 2. The summed E-state index contributed by atoms with van der Waals surface area (Å²) in [5.41, 5.74) is 2.13. The summed E-state index contributed by atoms with van der Waals surface area (Å²) in [6.45, 7) is 4.29. The molecule has 1 atom stereocenters. The highest BCUT2D eigenvalue weighted by Gasteiger charge is 2.14. The second-order valence-electron chi connectivity index (χ2n) is 6.85. The van der Waals surface area contributed by atoms with Gasteiger partial charge in [-0.15, -0.1) is 0 Å². The molecule has 26 heavy (non-hydrogen) atoms. The van der Waals surface area contributed by atoms with Crippen LogP contribution in [0.4, 0.5) is 0 Å². The number of unbranched alkanes of at least 4 members (excludes halogenated alkanes) is 3. The van der Waals surface area contributed by atoms with E-state index >= 15 is 0 Å². The van der Waals surface area contributed by atoms with Crippen molar-refractivity contribution in [2.75, 3.05) is 13.1 Å². The second kappa shape index (κ2) is 9.09. The lowest BCUT2D eigenvalue weighted by atomic mass is 10.1. The van der Waals surface area contributed by atoms with Gasteiger partial charge in [-0.3, -0.25) is 0 Å². The smallest absolute Gasteiger partial charge is 0.0843 e. The van der Waals surface area contributed by atoms with Crippen LogP contribution in [0.1, 0.15) is 32.6 Å². The van der Waals surface area contributed by atoms with Gasteiger partial charge in [-0.1, -0.05) is 49.4 Å². The van der Waals surface area contributed by atoms with Crippen molar-refractivity contribution in [1.82, 2.24) is 9.88 Å². The van der Waals surface area contributed by atoms with E-state index in [1.807, 2.05) is 36.4 Å². The predicted molar refractivity (Wildman–Crippen MR) is 112 cm³/mol. The molecule has 1 heterocycles. The van der Waals surface area contributed by atoms with Gasteiger partial charge in [0.05, 0.1) is 12.6 Å². The van der Waals surface area contributed by atoms with Crippen LogP contribution in [0.2, 0.25) is 10.0 Å². The number of rotatable bonds is 9. The molecule has 0 saturated carbocycles. The SMILES string of the molecule is CCCCCCNCC(O)Cn1c2ccc(Cl)cc2c2cc(Cl)ccc21. The minimum atomic E-state index is -0.452. The quantitative estimate of drug-likeness (QED) is 0.462. The van der Waals surface area contributed by atoms with E-state index in [0.717, 1.165) is 34.8 Å². The summed E-state index contributed by atoms with van der Waals surface area (Å²) in [6, 6.07) is 11.7. The van der Waals surface area contributed by atoms with Gasteiger partial charge in [0.1, 0.15) is 0 Å². The molecule has 1 unspecified atom stereocenters. The number of aromatic nitrogens is 1. The van der Waals surface area contributed by atoms with E-state index in [0.29, 0.717) is 23.1 Å². The van der Waals surface area contributed by atoms with Crippen molar-refractivity contribution in [3.63, 3.8) is 0 Å². The van der Waals surface area contributed by atoms with Gasteiger partial charge in [0.15, 0.2) is 0 Å². The molecule has 0 amide bonds. The van der Waals surface area contributed by atoms with Gasteiger partial charge in [-0.05, 0) is 49.4 Å². The Morgan fingerprint density at radius 2 is 1.58 bits per heavy atom. The van der Waals surface area contributed by atoms with Crippen molar-refractivity contribution in [3.05, 3.63) is 46.4 Å². The van der Waals surface area contributed by atoms with Gasteiger partial charge < -0.3 is 15.0 Å². The lowest BCUT2D eigenvalue weighted by molar-refractivity contribution is 0.154. The number of halogens is 2. The van der Waals surface area contributed by atoms with E-state index in [2.05, 4.69) is 16.8 Å². The Labute approximate surface area is 164 Å². The fourth-order valence-corrected chi connectivity index (χ4v) is 3.81. The van der Waals surface area contributed by atoms with E-state index in [9.17, 15) is 5.11 Å². The normalized spacial score (nSPS) is 12.9. The monoisotopic (exact) mass is 392 g/mol. The van der Waals surface area contributed by atoms with Crippen molar-refractivity contribution >= 4 is 45.0 Å². The Kier molecular flexibility index (Phi) is 6.82. The van der Waals surface area contributed by atoms with Crippen LogP contribution < -0.4 is 5.32 Å². The average molecular weight is 393 g/mol. The van der Waals surface area contributed by atoms with Crippen LogP contribution in [0.25, 0.3) is 21.8 Å². The van der Waals surface area contributed by atoms with E-state index < -0.39 is 6.10 Å². The minimum absolute atomic E-state index is 0.452. The minimum Gasteiger partial charge on any atom is -0.390 e. The van der Waals surface area contributed by atoms with Crippen molar-refractivity contribution in [2.24, 2.45) is 0 Å². The molecule has 0 aliphatic carbocycles. The van der Waals surface area contributed by atoms with Crippen LogP contribution in [0.15, 0.2) is 36.4 Å². The molecular formula is C21H26Cl2N2O. The first kappa shape index (κ1) is 19.5. The Hall–Kier alpha value is -1.26. The summed E-state index contributed by atoms with van der Waals surface area (Å²) in [6.07, 6.45) is 4.47. The summed E-state index contributed by atoms with van der Waals surface area (Å²) < 4.78 is 2.15. The van der Waals surface area contributed by atoms with Gasteiger partial charge >= 0.3 is 0 Å². The van der Waals surface area contributed by atoms with Gasteiger partial charge in [-0.25, -0.2) is 0 Å². The number of nitrogens with zero attached hydrogens (tertiary/aromatic N) is 1. The van der Waals surface area contributed by atoms with E-state index in [1.54, 1.807) is 0 Å². The number of fused-ring (bicyclic) bond motifs is 3. The van der Waals surface area contributed by atoms with Crippen LogP contribution in [-0.4, -0.2) is 28.9 Å². The molecular weight excluding hydrogens is 367 g/mol. The maximum absolute atomic E-state index is 10.5. The lowest BCUT2D eigenvalue weighted by Crippen LogP contribution is -2.30. The molecule has 0 fully saturated rings. The Morgan fingerprint density at radius 3 is 2.15 bits per heavy atom. The van der Waals surface area contributed by atoms with Crippen LogP contribution >= 0.6 is 23.2 Å². The predicted octanol–water partition coefficient (Wildman–Crippen LogP) is 5.63. The van der Waals surface area contributed by atoms with Gasteiger partial charge in [0.25, 0.3) is 0 Å². The molecule has 0 aliphatic heterocycles. The van der Waals surface area contributed by atoms with E-state index in [1.165, 1.54) is 19.3 Å². The van der Waals surface area contributed by atoms with Crippen molar-refractivity contribution in [3.8, 4) is 0 Å². The van der Waals surface area contributed by atoms with Crippen LogP contribution in [0, 0.1) is 0 Å². The molecule has 1 aromatic heterocycles. The molecule has 0 radical (unpaired) electrons. The largest absolute Gasteiger partial charge is 0.390 e. The zero-order valence-corrected chi connectivity index (χ0v) is 16.7. The summed E-state index contributed by atoms with van der Waals surface area (Å²) in [7, 11) is 0. The van der Waals surface area contributed by atoms with Crippen LogP contribution in [0.5, 0.6) is 0 Å². The highest BCUT2D eigenvalue weighted by atomic mass is 35.5. The number of aliphatic hydroxyl groups is 1. The highest BCUT2D eigenvalue weighted by Crippen LogP contribution is 2.32. The Morgan fingerprint density at radius 1 is 0.962 bits per heavy atom. The third-order valence-electron chi connectivity index (χ3n) is 4.77. The Balaban J connectivity index is 1.76. The molecule has 3 nitrogen and oxygen atoms in total. The lowest BCUT2D eigenvalue weighted by Gasteiger charge is -2.15. The third kappa shape index (κ3) is 4.52. The highest BCUT2D eigenvalue weighted by molar-refractivity contribution is 6.33. The maximum atomic E-state index is 10.5. The van der Waals surface area contributed by atoms with Gasteiger partial charge in [-0.2, -0.15) is 0 Å². The van der Waals surface area contributed by atoms with Gasteiger partial charge in [0.2, 0.25) is 0 Å².